The van der Waals surface area contributed by atoms with Gasteiger partial charge in [0.25, 0.3) is 11.2 Å². The van der Waals surface area contributed by atoms with Gasteiger partial charge in [0.15, 0.2) is 0 Å². The van der Waals surface area contributed by atoms with Gasteiger partial charge in [0, 0.05) is 17.2 Å². The maximum Gasteiger partial charge on any atom is 0.279 e. The van der Waals surface area contributed by atoms with Crippen LogP contribution in [0, 0.1) is 10.1 Å². The Hall–Kier alpha value is -3.38. The van der Waals surface area contributed by atoms with Crippen LogP contribution < -0.4 is 16.1 Å². The molecule has 0 aliphatic carbocycles. The van der Waals surface area contributed by atoms with Gasteiger partial charge in [-0.05, 0) is 29.8 Å². The van der Waals surface area contributed by atoms with Crippen molar-refractivity contribution in [2.24, 2.45) is 0 Å². The smallest absolute Gasteiger partial charge is 0.279 e. The highest BCUT2D eigenvalue weighted by atomic mass is 35.5. The maximum absolute atomic E-state index is 12.6. The Bertz CT molecular complexity index is 1180. The predicted molar refractivity (Wildman–Crippen MR) is 103 cm³/mol. The molecule has 0 aliphatic heterocycles. The third kappa shape index (κ3) is 3.65. The van der Waals surface area contributed by atoms with Gasteiger partial charge in [-0.3, -0.25) is 20.0 Å². The minimum absolute atomic E-state index is 0.00922. The van der Waals surface area contributed by atoms with Crippen LogP contribution in [0.2, 0.25) is 5.02 Å². The first kappa shape index (κ1) is 17.4. The molecule has 1 heterocycles. The van der Waals surface area contributed by atoms with Crippen molar-refractivity contribution in [2.45, 2.75) is 0 Å². The number of benzene rings is 2. The highest BCUT2D eigenvalue weighted by molar-refractivity contribution is 6.30. The van der Waals surface area contributed by atoms with Gasteiger partial charge in [0.05, 0.1) is 21.2 Å². The molecule has 0 fully saturated rings. The number of hydrogen-bond acceptors (Lipinski definition) is 3. The number of allylic oxidation sites excluding steroid dienone is 1. The van der Waals surface area contributed by atoms with Gasteiger partial charge >= 0.3 is 0 Å². The molecule has 0 aliphatic rings. The number of aromatic amines is 1. The molecule has 0 saturated carbocycles. The predicted octanol–water partition coefficient (Wildman–Crippen LogP) is 2.63. The van der Waals surface area contributed by atoms with E-state index in [0.717, 1.165) is 0 Å². The van der Waals surface area contributed by atoms with Crippen molar-refractivity contribution in [3.05, 3.63) is 96.2 Å². The average Bonchev–Trinajstić information content (AvgIpc) is 2.90. The molecule has 0 atom stereocenters. The number of nitrogens with one attached hydrogen (secondary N) is 1. The van der Waals surface area contributed by atoms with Crippen LogP contribution in [0.1, 0.15) is 5.56 Å². The fraction of sp³-hybridized carbons (Fsp3) is 0. The van der Waals surface area contributed by atoms with E-state index >= 15 is 0 Å². The topological polar surface area (TPSA) is 80.9 Å². The first-order valence-electron chi connectivity index (χ1n) is 7.64. The molecular weight excluding hydrogens is 354 g/mol. The van der Waals surface area contributed by atoms with E-state index in [1.165, 1.54) is 16.8 Å². The number of H-pyrrole nitrogens is 1. The summed E-state index contributed by atoms with van der Waals surface area (Å²) in [6.45, 7) is 3.85. The summed E-state index contributed by atoms with van der Waals surface area (Å²) in [5.74, 6) is 0. The van der Waals surface area contributed by atoms with Gasteiger partial charge in [-0.1, -0.05) is 48.5 Å². The van der Waals surface area contributed by atoms with Crippen LogP contribution in [0.4, 0.5) is 5.69 Å². The molecular formula is C19H14ClN3O3. The Morgan fingerprint density at radius 3 is 2.69 bits per heavy atom. The van der Waals surface area contributed by atoms with Gasteiger partial charge in [-0.25, -0.2) is 4.68 Å². The average molecular weight is 368 g/mol. The standard InChI is InChI=1S/C19H14ClN3O3/c1-13-18(10-3-6-14-5-2-9-17(11-14)23(25)26)19(24)22(21-13)16-8-4-7-15(20)12-16/h2-12,21H,1H2/b6-3+,18-10-. The normalized spacial score (nSPS) is 12.0. The number of halogens is 1. The van der Waals surface area contributed by atoms with Crippen molar-refractivity contribution < 1.29 is 4.92 Å². The lowest BCUT2D eigenvalue weighted by Gasteiger charge is -2.00. The van der Waals surface area contributed by atoms with Crippen LogP contribution >= 0.6 is 11.6 Å². The van der Waals surface area contributed by atoms with Gasteiger partial charge in [0.2, 0.25) is 0 Å². The molecule has 3 aromatic rings. The Morgan fingerprint density at radius 1 is 1.19 bits per heavy atom. The maximum atomic E-state index is 12.6. The van der Waals surface area contributed by atoms with E-state index in [1.807, 2.05) is 0 Å². The Kier molecular flexibility index (Phi) is 4.86. The molecule has 6 nitrogen and oxygen atoms in total. The number of rotatable bonds is 4. The summed E-state index contributed by atoms with van der Waals surface area (Å²) >= 11 is 5.97. The summed E-state index contributed by atoms with van der Waals surface area (Å²) < 4.78 is 1.36. The zero-order valence-electron chi connectivity index (χ0n) is 13.6. The largest absolute Gasteiger partial charge is 0.291 e. The molecule has 2 aromatic carbocycles. The van der Waals surface area contributed by atoms with Gasteiger partial charge in [-0.15, -0.1) is 0 Å². The fourth-order valence-electron chi connectivity index (χ4n) is 2.46. The number of nitro groups is 1. The van der Waals surface area contributed by atoms with Crippen LogP contribution in [0.15, 0.2) is 59.4 Å². The van der Waals surface area contributed by atoms with Gasteiger partial charge in [-0.2, -0.15) is 0 Å². The van der Waals surface area contributed by atoms with Crippen molar-refractivity contribution >= 4 is 36.0 Å². The fourth-order valence-corrected chi connectivity index (χ4v) is 2.65. The van der Waals surface area contributed by atoms with Crippen LogP contribution in [0.25, 0.3) is 24.4 Å². The second kappa shape index (κ2) is 7.25. The molecule has 0 radical (unpaired) electrons. The zero-order chi connectivity index (χ0) is 18.7. The van der Waals surface area contributed by atoms with Gasteiger partial charge < -0.3 is 0 Å². The quantitative estimate of drug-likeness (QED) is 0.568. The number of aromatic nitrogens is 2. The van der Waals surface area contributed by atoms with E-state index in [4.69, 9.17) is 11.6 Å². The van der Waals surface area contributed by atoms with Crippen molar-refractivity contribution in [1.82, 2.24) is 9.78 Å². The first-order chi connectivity index (χ1) is 12.5. The second-order valence-corrected chi connectivity index (χ2v) is 5.94. The van der Waals surface area contributed by atoms with Crippen LogP contribution in [-0.2, 0) is 0 Å². The third-order valence-corrected chi connectivity index (χ3v) is 3.94. The second-order valence-electron chi connectivity index (χ2n) is 5.50. The minimum Gasteiger partial charge on any atom is -0.291 e. The molecule has 0 amide bonds. The number of non-ortho nitro benzene ring substituents is 1. The van der Waals surface area contributed by atoms with E-state index in [-0.39, 0.29) is 11.2 Å². The number of hydrogen-bond donors (Lipinski definition) is 1. The Morgan fingerprint density at radius 2 is 1.96 bits per heavy atom. The summed E-state index contributed by atoms with van der Waals surface area (Å²) in [6.07, 6.45) is 4.95. The molecule has 0 spiro atoms. The summed E-state index contributed by atoms with van der Waals surface area (Å²) in [4.78, 5) is 22.9. The summed E-state index contributed by atoms with van der Waals surface area (Å²) in [5.41, 5.74) is 1.01. The molecule has 0 saturated heterocycles. The minimum atomic E-state index is -0.453. The van der Waals surface area contributed by atoms with Crippen LogP contribution in [0.3, 0.4) is 0 Å². The lowest BCUT2D eigenvalue weighted by atomic mass is 10.2. The lowest BCUT2D eigenvalue weighted by Crippen LogP contribution is -2.33. The summed E-state index contributed by atoms with van der Waals surface area (Å²) in [7, 11) is 0. The lowest BCUT2D eigenvalue weighted by molar-refractivity contribution is -0.384. The monoisotopic (exact) mass is 367 g/mol. The summed E-state index contributed by atoms with van der Waals surface area (Å²) in [5, 5.41) is 15.1. The third-order valence-electron chi connectivity index (χ3n) is 3.70. The van der Waals surface area contributed by atoms with E-state index in [9.17, 15) is 14.9 Å². The molecule has 7 heteroatoms. The van der Waals surface area contributed by atoms with Gasteiger partial charge in [0.1, 0.15) is 0 Å². The molecule has 3 rings (SSSR count). The Balaban J connectivity index is 1.98. The highest BCUT2D eigenvalue weighted by Crippen LogP contribution is 2.14. The zero-order valence-corrected chi connectivity index (χ0v) is 14.3. The van der Waals surface area contributed by atoms with E-state index in [2.05, 4.69) is 11.7 Å². The van der Waals surface area contributed by atoms with Crippen LogP contribution in [0.5, 0.6) is 0 Å². The SMILES string of the molecule is C=c1[nH]n(-c2cccc(Cl)c2)c(=O)/c1=C\C=C\c1cccc([N+](=O)[O-])c1. The molecule has 26 heavy (non-hydrogen) atoms. The van der Waals surface area contributed by atoms with Crippen molar-refractivity contribution in [2.75, 3.05) is 0 Å². The number of nitro benzene ring substituents is 1. The Labute approximate surface area is 153 Å². The number of nitrogens with zero attached hydrogens (tertiary/aromatic N) is 2. The van der Waals surface area contributed by atoms with Crippen molar-refractivity contribution in [3.8, 4) is 5.69 Å². The first-order valence-corrected chi connectivity index (χ1v) is 8.02. The van der Waals surface area contributed by atoms with E-state index in [0.29, 0.717) is 26.8 Å². The van der Waals surface area contributed by atoms with Crippen LogP contribution in [-0.4, -0.2) is 14.7 Å². The van der Waals surface area contributed by atoms with Crippen molar-refractivity contribution in [1.29, 1.82) is 0 Å². The summed E-state index contributed by atoms with van der Waals surface area (Å²) in [6, 6.07) is 13.1. The highest BCUT2D eigenvalue weighted by Gasteiger charge is 2.05. The van der Waals surface area contributed by atoms with E-state index in [1.54, 1.807) is 54.6 Å². The molecule has 130 valence electrons. The molecule has 1 aromatic heterocycles. The molecule has 0 unspecified atom stereocenters. The van der Waals surface area contributed by atoms with Crippen molar-refractivity contribution in [3.63, 3.8) is 0 Å². The van der Waals surface area contributed by atoms with E-state index < -0.39 is 4.92 Å². The molecule has 1 N–H and O–H groups in total. The molecule has 0 bridgehead atoms.